The zero-order chi connectivity index (χ0) is 13.4. The lowest BCUT2D eigenvalue weighted by Crippen LogP contribution is -2.38. The molecule has 0 spiro atoms. The van der Waals surface area contributed by atoms with Crippen molar-refractivity contribution in [3.05, 3.63) is 22.9 Å². The Morgan fingerprint density at radius 2 is 2.22 bits per heavy atom. The maximum Gasteiger partial charge on any atom is 0.244 e. The Hall–Kier alpha value is -0.540. The summed E-state index contributed by atoms with van der Waals surface area (Å²) >= 11 is 3.13. The number of β-amino-alcohol motifs (C(OH)–C–C–N with tert-alkyl or cyclic N) is 1. The van der Waals surface area contributed by atoms with Gasteiger partial charge in [-0.25, -0.2) is 13.4 Å². The summed E-state index contributed by atoms with van der Waals surface area (Å²) in [5.41, 5.74) is -1.34. The zero-order valence-electron chi connectivity index (χ0n) is 9.45. The number of hydrogen-bond acceptors (Lipinski definition) is 5. The van der Waals surface area contributed by atoms with Gasteiger partial charge >= 0.3 is 0 Å². The third-order valence-electron chi connectivity index (χ3n) is 2.93. The van der Waals surface area contributed by atoms with Crippen LogP contribution < -0.4 is 0 Å². The van der Waals surface area contributed by atoms with Gasteiger partial charge in [0, 0.05) is 19.3 Å². The highest BCUT2D eigenvalue weighted by Gasteiger charge is 2.41. The minimum Gasteiger partial charge on any atom is -0.393 e. The lowest BCUT2D eigenvalue weighted by atomic mass is 10.1. The third-order valence-corrected chi connectivity index (χ3v) is 5.23. The van der Waals surface area contributed by atoms with E-state index in [0.29, 0.717) is 4.60 Å². The average Bonchev–Trinajstić information content (AvgIpc) is 2.74. The summed E-state index contributed by atoms with van der Waals surface area (Å²) in [5.74, 6) is 0. The van der Waals surface area contributed by atoms with E-state index in [4.69, 9.17) is 5.11 Å². The number of sulfonamides is 1. The number of hydrogen-bond donors (Lipinski definition) is 2. The number of aliphatic hydroxyl groups is 2. The normalized spacial score (nSPS) is 25.5. The molecule has 0 saturated carbocycles. The van der Waals surface area contributed by atoms with Gasteiger partial charge in [0.2, 0.25) is 10.0 Å². The molecule has 2 heterocycles. The van der Waals surface area contributed by atoms with Crippen LogP contribution in [0.1, 0.15) is 6.42 Å². The van der Waals surface area contributed by atoms with Crippen molar-refractivity contribution >= 4 is 26.0 Å². The molecule has 0 amide bonds. The van der Waals surface area contributed by atoms with Gasteiger partial charge in [0.15, 0.2) is 0 Å². The Morgan fingerprint density at radius 1 is 1.50 bits per heavy atom. The summed E-state index contributed by atoms with van der Waals surface area (Å²) < 4.78 is 26.2. The van der Waals surface area contributed by atoms with Crippen LogP contribution in [0.15, 0.2) is 27.8 Å². The second-order valence-corrected chi connectivity index (χ2v) is 7.04. The number of aromatic nitrogens is 1. The summed E-state index contributed by atoms with van der Waals surface area (Å²) in [4.78, 5) is 3.95. The molecule has 1 fully saturated rings. The predicted molar refractivity (Wildman–Crippen MR) is 67.3 cm³/mol. The van der Waals surface area contributed by atoms with Crippen LogP contribution in [0.5, 0.6) is 0 Å². The van der Waals surface area contributed by atoms with Crippen molar-refractivity contribution in [2.75, 3.05) is 19.7 Å². The van der Waals surface area contributed by atoms with E-state index in [0.717, 1.165) is 4.31 Å². The maximum atomic E-state index is 12.2. The van der Waals surface area contributed by atoms with Gasteiger partial charge in [-0.2, -0.15) is 4.31 Å². The molecule has 0 bridgehead atoms. The molecule has 0 unspecified atom stereocenters. The van der Waals surface area contributed by atoms with Gasteiger partial charge in [-0.1, -0.05) is 0 Å². The molecule has 1 aromatic rings. The van der Waals surface area contributed by atoms with Crippen molar-refractivity contribution in [3.63, 3.8) is 0 Å². The van der Waals surface area contributed by atoms with E-state index in [1.165, 1.54) is 12.3 Å². The van der Waals surface area contributed by atoms with E-state index >= 15 is 0 Å². The van der Waals surface area contributed by atoms with E-state index in [2.05, 4.69) is 20.9 Å². The minimum atomic E-state index is -3.66. The topological polar surface area (TPSA) is 90.7 Å². The molecule has 18 heavy (non-hydrogen) atoms. The Bertz CT molecular complexity index is 533. The molecule has 100 valence electrons. The molecule has 2 rings (SSSR count). The fourth-order valence-electron chi connectivity index (χ4n) is 1.82. The number of nitrogens with zero attached hydrogens (tertiary/aromatic N) is 2. The molecule has 0 aliphatic carbocycles. The second-order valence-electron chi connectivity index (χ2n) is 4.29. The van der Waals surface area contributed by atoms with Crippen LogP contribution in [-0.2, 0) is 10.0 Å². The first kappa shape index (κ1) is 13.9. The minimum absolute atomic E-state index is 0.0767. The Balaban J connectivity index is 2.25. The van der Waals surface area contributed by atoms with Crippen molar-refractivity contribution in [1.29, 1.82) is 0 Å². The van der Waals surface area contributed by atoms with Gasteiger partial charge in [0.05, 0.1) is 6.61 Å². The molecular weight excluding hydrogens is 324 g/mol. The van der Waals surface area contributed by atoms with Gasteiger partial charge in [-0.05, 0) is 34.5 Å². The molecule has 1 saturated heterocycles. The fourth-order valence-corrected chi connectivity index (χ4v) is 3.52. The lowest BCUT2D eigenvalue weighted by molar-refractivity contribution is -0.000734. The number of rotatable bonds is 3. The average molecular weight is 337 g/mol. The van der Waals surface area contributed by atoms with E-state index in [1.54, 1.807) is 6.07 Å². The Labute approximate surface area is 113 Å². The fraction of sp³-hybridized carbons (Fsp3) is 0.500. The van der Waals surface area contributed by atoms with Gasteiger partial charge in [-0.15, -0.1) is 0 Å². The van der Waals surface area contributed by atoms with E-state index < -0.39 is 22.2 Å². The van der Waals surface area contributed by atoms with E-state index in [9.17, 15) is 13.5 Å². The quantitative estimate of drug-likeness (QED) is 0.756. The first-order valence-corrected chi connectivity index (χ1v) is 7.56. The molecule has 0 aromatic carbocycles. The van der Waals surface area contributed by atoms with Crippen molar-refractivity contribution in [2.45, 2.75) is 16.9 Å². The van der Waals surface area contributed by atoms with Crippen molar-refractivity contribution in [1.82, 2.24) is 9.29 Å². The molecule has 6 nitrogen and oxygen atoms in total. The van der Waals surface area contributed by atoms with Crippen LogP contribution in [0.3, 0.4) is 0 Å². The lowest BCUT2D eigenvalue weighted by Gasteiger charge is -2.20. The smallest absolute Gasteiger partial charge is 0.244 e. The maximum absolute atomic E-state index is 12.2. The van der Waals surface area contributed by atoms with Crippen molar-refractivity contribution < 1.29 is 18.6 Å². The van der Waals surface area contributed by atoms with E-state index in [-0.39, 0.29) is 24.4 Å². The van der Waals surface area contributed by atoms with E-state index in [1.807, 2.05) is 0 Å². The second kappa shape index (κ2) is 4.86. The first-order valence-electron chi connectivity index (χ1n) is 5.32. The number of pyridine rings is 1. The molecule has 8 heteroatoms. The molecule has 1 aliphatic heterocycles. The van der Waals surface area contributed by atoms with Crippen LogP contribution in [0.25, 0.3) is 0 Å². The predicted octanol–water partition coefficient (Wildman–Crippen LogP) is -0.0381. The molecular formula is C10H13BrN2O4S. The summed E-state index contributed by atoms with van der Waals surface area (Å²) in [7, 11) is -3.66. The Morgan fingerprint density at radius 3 is 2.72 bits per heavy atom. The molecule has 1 atom stereocenters. The summed E-state index contributed by atoms with van der Waals surface area (Å²) in [6.07, 6.45) is 1.49. The molecule has 2 N–H and O–H groups in total. The van der Waals surface area contributed by atoms with Crippen LogP contribution in [0.4, 0.5) is 0 Å². The molecule has 1 aromatic heterocycles. The highest BCUT2D eigenvalue weighted by atomic mass is 79.9. The van der Waals surface area contributed by atoms with Crippen LogP contribution in [-0.4, -0.2) is 53.2 Å². The van der Waals surface area contributed by atoms with Crippen molar-refractivity contribution in [3.8, 4) is 0 Å². The summed E-state index contributed by atoms with van der Waals surface area (Å²) in [6.45, 7) is -0.352. The van der Waals surface area contributed by atoms with Gasteiger partial charge in [0.1, 0.15) is 15.1 Å². The summed E-state index contributed by atoms with van der Waals surface area (Å²) in [6, 6.07) is 2.99. The highest BCUT2D eigenvalue weighted by molar-refractivity contribution is 9.10. The highest BCUT2D eigenvalue weighted by Crippen LogP contribution is 2.26. The summed E-state index contributed by atoms with van der Waals surface area (Å²) in [5, 5.41) is 18.9. The standard InChI is InChI=1S/C10H13BrN2O4S/c11-9-2-1-8(5-12-9)18(16,17)13-4-3-10(15,6-13)7-14/h1-2,5,14-15H,3-4,6-7H2/t10-/m1/s1. The monoisotopic (exact) mass is 336 g/mol. The van der Waals surface area contributed by atoms with Gasteiger partial charge in [0.25, 0.3) is 0 Å². The number of halogens is 1. The van der Waals surface area contributed by atoms with Gasteiger partial charge < -0.3 is 10.2 Å². The first-order chi connectivity index (χ1) is 8.37. The molecule has 1 aliphatic rings. The van der Waals surface area contributed by atoms with Crippen molar-refractivity contribution in [2.24, 2.45) is 0 Å². The van der Waals surface area contributed by atoms with Gasteiger partial charge in [-0.3, -0.25) is 0 Å². The van der Waals surface area contributed by atoms with Crippen LogP contribution in [0.2, 0.25) is 0 Å². The number of aliphatic hydroxyl groups excluding tert-OH is 1. The third kappa shape index (κ3) is 2.57. The zero-order valence-corrected chi connectivity index (χ0v) is 11.9. The van der Waals surface area contributed by atoms with Crippen LogP contribution >= 0.6 is 15.9 Å². The molecule has 0 radical (unpaired) electrons. The van der Waals surface area contributed by atoms with Crippen LogP contribution in [0, 0.1) is 0 Å². The SMILES string of the molecule is O=S(=O)(c1ccc(Br)nc1)N1CC[C@](O)(CO)C1. The largest absolute Gasteiger partial charge is 0.393 e. The Kier molecular flexibility index (Phi) is 3.75.